The predicted molar refractivity (Wildman–Crippen MR) is 113 cm³/mol. The summed E-state index contributed by atoms with van der Waals surface area (Å²) in [5, 5.41) is 20.8. The number of phenols is 2. The van der Waals surface area contributed by atoms with Gasteiger partial charge in [-0.15, -0.1) is 0 Å². The van der Waals surface area contributed by atoms with Crippen LogP contribution in [0.5, 0.6) is 11.5 Å². The van der Waals surface area contributed by atoms with Crippen LogP contribution in [0.25, 0.3) is 6.08 Å². The average Bonchev–Trinajstić information content (AvgIpc) is 2.61. The Morgan fingerprint density at radius 1 is 0.778 bits per heavy atom. The van der Waals surface area contributed by atoms with Gasteiger partial charge in [-0.2, -0.15) is 0 Å². The molecule has 0 spiro atoms. The van der Waals surface area contributed by atoms with Crippen LogP contribution in [0.1, 0.15) is 50.4 Å². The molecule has 0 aliphatic heterocycles. The Morgan fingerprint density at radius 2 is 1.26 bits per heavy atom. The van der Waals surface area contributed by atoms with Crippen molar-refractivity contribution in [3.05, 3.63) is 99.6 Å². The van der Waals surface area contributed by atoms with Crippen molar-refractivity contribution in [1.82, 2.24) is 0 Å². The normalized spacial score (nSPS) is 12.0. The molecule has 0 fully saturated rings. The van der Waals surface area contributed by atoms with Gasteiger partial charge in [0.15, 0.2) is 0 Å². The molecule has 0 amide bonds. The molecular formula is C25H26O2. The number of benzene rings is 3. The summed E-state index contributed by atoms with van der Waals surface area (Å²) in [6, 6.07) is 15.8. The Balaban J connectivity index is 2.30. The Morgan fingerprint density at radius 3 is 1.74 bits per heavy atom. The Hall–Kier alpha value is -3.00. The fraction of sp³-hybridized carbons (Fsp3) is 0.200. The highest BCUT2D eigenvalue weighted by atomic mass is 16.3. The molecule has 3 rings (SSSR count). The van der Waals surface area contributed by atoms with Crippen molar-refractivity contribution in [2.24, 2.45) is 0 Å². The maximum Gasteiger partial charge on any atom is 0.121 e. The Kier molecular flexibility index (Phi) is 5.09. The van der Waals surface area contributed by atoms with Crippen LogP contribution in [-0.2, 0) is 0 Å². The van der Waals surface area contributed by atoms with Gasteiger partial charge in [0, 0.05) is 11.5 Å². The van der Waals surface area contributed by atoms with Gasteiger partial charge in [0.05, 0.1) is 0 Å². The fourth-order valence-corrected chi connectivity index (χ4v) is 3.94. The molecule has 3 aromatic carbocycles. The number of aryl methyl sites for hydroxylation is 4. The highest BCUT2D eigenvalue weighted by molar-refractivity contribution is 5.60. The van der Waals surface area contributed by atoms with Crippen molar-refractivity contribution in [2.45, 2.75) is 33.6 Å². The van der Waals surface area contributed by atoms with Crippen molar-refractivity contribution < 1.29 is 10.2 Å². The van der Waals surface area contributed by atoms with Crippen LogP contribution in [-0.4, -0.2) is 10.2 Å². The molecule has 0 bridgehead atoms. The molecule has 0 saturated heterocycles. The van der Waals surface area contributed by atoms with Crippen LogP contribution >= 0.6 is 0 Å². The molecule has 0 aliphatic carbocycles. The second kappa shape index (κ2) is 7.32. The molecule has 3 aromatic rings. The predicted octanol–water partition coefficient (Wildman–Crippen LogP) is 6.15. The second-order valence-corrected chi connectivity index (χ2v) is 7.27. The average molecular weight is 358 g/mol. The van der Waals surface area contributed by atoms with Gasteiger partial charge >= 0.3 is 0 Å². The first-order valence-electron chi connectivity index (χ1n) is 9.15. The zero-order chi connectivity index (χ0) is 19.7. The minimum atomic E-state index is -0.125. The number of rotatable bonds is 4. The monoisotopic (exact) mass is 358 g/mol. The quantitative estimate of drug-likeness (QED) is 0.549. The van der Waals surface area contributed by atoms with Crippen molar-refractivity contribution in [2.75, 3.05) is 0 Å². The highest BCUT2D eigenvalue weighted by Crippen LogP contribution is 2.40. The van der Waals surface area contributed by atoms with E-state index in [1.54, 1.807) is 6.07 Å². The molecule has 2 heteroatoms. The summed E-state index contributed by atoms with van der Waals surface area (Å²) in [5.41, 5.74) is 8.15. The van der Waals surface area contributed by atoms with Gasteiger partial charge in [0.25, 0.3) is 0 Å². The van der Waals surface area contributed by atoms with Crippen LogP contribution in [0.15, 0.2) is 55.1 Å². The second-order valence-electron chi connectivity index (χ2n) is 7.27. The first-order chi connectivity index (χ1) is 12.8. The Bertz CT molecular complexity index is 969. The number of phenolic OH excluding ortho intramolecular Hbond substituents is 2. The van der Waals surface area contributed by atoms with Gasteiger partial charge in [0.1, 0.15) is 11.5 Å². The van der Waals surface area contributed by atoms with E-state index in [1.807, 2.05) is 50.3 Å². The van der Waals surface area contributed by atoms with E-state index >= 15 is 0 Å². The third-order valence-corrected chi connectivity index (χ3v) is 5.25. The van der Waals surface area contributed by atoms with E-state index in [9.17, 15) is 10.2 Å². The zero-order valence-electron chi connectivity index (χ0n) is 16.4. The molecule has 0 aliphatic rings. The van der Waals surface area contributed by atoms with E-state index in [1.165, 1.54) is 0 Å². The lowest BCUT2D eigenvalue weighted by Gasteiger charge is -2.23. The van der Waals surface area contributed by atoms with Crippen molar-refractivity contribution in [3.63, 3.8) is 0 Å². The molecule has 2 N–H and O–H groups in total. The van der Waals surface area contributed by atoms with E-state index in [0.717, 1.165) is 44.5 Å². The summed E-state index contributed by atoms with van der Waals surface area (Å²) >= 11 is 0. The zero-order valence-corrected chi connectivity index (χ0v) is 16.4. The first kappa shape index (κ1) is 18.8. The summed E-state index contributed by atoms with van der Waals surface area (Å²) in [4.78, 5) is 0. The third kappa shape index (κ3) is 3.48. The fourth-order valence-electron chi connectivity index (χ4n) is 3.94. The third-order valence-electron chi connectivity index (χ3n) is 5.25. The molecule has 0 saturated carbocycles. The highest BCUT2D eigenvalue weighted by Gasteiger charge is 2.22. The summed E-state index contributed by atoms with van der Waals surface area (Å²) in [6.07, 6.45) is 1.89. The summed E-state index contributed by atoms with van der Waals surface area (Å²) in [7, 11) is 0. The van der Waals surface area contributed by atoms with E-state index < -0.39 is 0 Å². The minimum Gasteiger partial charge on any atom is -0.508 e. The van der Waals surface area contributed by atoms with E-state index in [-0.39, 0.29) is 11.7 Å². The minimum absolute atomic E-state index is 0.125. The molecule has 138 valence electrons. The number of para-hydroxylation sites is 1. The van der Waals surface area contributed by atoms with Crippen LogP contribution in [0.3, 0.4) is 0 Å². The smallest absolute Gasteiger partial charge is 0.121 e. The van der Waals surface area contributed by atoms with Gasteiger partial charge in [-0.3, -0.25) is 0 Å². The number of hydrogen-bond acceptors (Lipinski definition) is 2. The molecule has 0 radical (unpaired) electrons. The standard InChI is InChI=1S/C25H26O2/c1-6-21-15(2)11-19(12-16(21)3)24(22-9-7-8-10-23(22)26)20-13-17(4)25(27)18(5)14-20/h6-14,24,26-27H,1H2,2-5H3. The largest absolute Gasteiger partial charge is 0.508 e. The summed E-state index contributed by atoms with van der Waals surface area (Å²) in [5.74, 6) is 0.471. The molecule has 0 aromatic heterocycles. The summed E-state index contributed by atoms with van der Waals surface area (Å²) < 4.78 is 0. The van der Waals surface area contributed by atoms with Crippen LogP contribution < -0.4 is 0 Å². The Labute approximate surface area is 161 Å². The van der Waals surface area contributed by atoms with Crippen molar-refractivity contribution in [1.29, 1.82) is 0 Å². The van der Waals surface area contributed by atoms with E-state index in [4.69, 9.17) is 0 Å². The van der Waals surface area contributed by atoms with Gasteiger partial charge in [0.2, 0.25) is 0 Å². The lowest BCUT2D eigenvalue weighted by atomic mass is 9.81. The lowest BCUT2D eigenvalue weighted by molar-refractivity contribution is 0.465. The van der Waals surface area contributed by atoms with Crippen LogP contribution in [0.4, 0.5) is 0 Å². The van der Waals surface area contributed by atoms with Gasteiger partial charge in [-0.1, -0.05) is 55.1 Å². The molecule has 1 atom stereocenters. The maximum atomic E-state index is 10.6. The molecule has 1 unspecified atom stereocenters. The maximum absolute atomic E-state index is 10.6. The summed E-state index contributed by atoms with van der Waals surface area (Å²) in [6.45, 7) is 11.9. The van der Waals surface area contributed by atoms with Gasteiger partial charge < -0.3 is 10.2 Å². The van der Waals surface area contributed by atoms with Crippen molar-refractivity contribution >= 4 is 6.08 Å². The van der Waals surface area contributed by atoms with Gasteiger partial charge in [-0.25, -0.2) is 0 Å². The topological polar surface area (TPSA) is 40.5 Å². The molecule has 0 heterocycles. The SMILES string of the molecule is C=Cc1c(C)cc(C(c2cc(C)c(O)c(C)c2)c2ccccc2O)cc1C. The molecule has 27 heavy (non-hydrogen) atoms. The van der Waals surface area contributed by atoms with E-state index in [2.05, 4.69) is 32.6 Å². The lowest BCUT2D eigenvalue weighted by Crippen LogP contribution is -2.06. The number of hydrogen-bond donors (Lipinski definition) is 2. The van der Waals surface area contributed by atoms with Crippen LogP contribution in [0, 0.1) is 27.7 Å². The molecular weight excluding hydrogens is 332 g/mol. The van der Waals surface area contributed by atoms with Crippen LogP contribution in [0.2, 0.25) is 0 Å². The first-order valence-corrected chi connectivity index (χ1v) is 9.15. The van der Waals surface area contributed by atoms with E-state index in [0.29, 0.717) is 5.75 Å². The van der Waals surface area contributed by atoms with Crippen molar-refractivity contribution in [3.8, 4) is 11.5 Å². The van der Waals surface area contributed by atoms with Gasteiger partial charge in [-0.05, 0) is 72.7 Å². The number of aromatic hydroxyl groups is 2. The molecule has 2 nitrogen and oxygen atoms in total.